The fraction of sp³-hybridized carbons (Fsp3) is 0.692. The fourth-order valence-electron chi connectivity index (χ4n) is 2.84. The Morgan fingerprint density at radius 1 is 1.48 bits per heavy atom. The summed E-state index contributed by atoms with van der Waals surface area (Å²) in [5.74, 6) is 0. The third kappa shape index (κ3) is 3.51. The lowest BCUT2D eigenvalue weighted by molar-refractivity contribution is -0.208. The minimum Gasteiger partial charge on any atom is -0.386 e. The molecule has 0 bridgehead atoms. The summed E-state index contributed by atoms with van der Waals surface area (Å²) in [5, 5.41) is 10.1. The molecular weight excluding hydrogens is 417 g/mol. The Kier molecular flexibility index (Phi) is 5.36. The molecule has 3 rings (SSSR count). The van der Waals surface area contributed by atoms with Gasteiger partial charge >= 0.3 is 13.5 Å². The van der Waals surface area contributed by atoms with E-state index in [1.807, 2.05) is 4.98 Å². The third-order valence-corrected chi connectivity index (χ3v) is 5.90. The van der Waals surface area contributed by atoms with Crippen molar-refractivity contribution in [3.05, 3.63) is 32.1 Å². The molecule has 2 N–H and O–H groups in total. The van der Waals surface area contributed by atoms with E-state index in [0.29, 0.717) is 4.57 Å². The molecule has 2 saturated heterocycles. The van der Waals surface area contributed by atoms with Crippen molar-refractivity contribution in [2.24, 2.45) is 0 Å². The van der Waals surface area contributed by atoms with Crippen LogP contribution in [0.25, 0.3) is 0 Å². The second-order valence-corrected chi connectivity index (χ2v) is 8.28. The van der Waals surface area contributed by atoms with Crippen LogP contribution in [0.4, 0.5) is 8.78 Å². The van der Waals surface area contributed by atoms with Crippen molar-refractivity contribution in [3.8, 4) is 0 Å². The molecule has 2 fully saturated rings. The molecule has 2 aliphatic rings. The molecule has 1 unspecified atom stereocenters. The Hall–Kier alpha value is -1.14. The first-order chi connectivity index (χ1) is 12.5. The van der Waals surface area contributed by atoms with Crippen LogP contribution in [0.2, 0.25) is 5.02 Å². The van der Waals surface area contributed by atoms with Crippen LogP contribution >= 0.6 is 19.4 Å². The number of halogens is 3. The summed E-state index contributed by atoms with van der Waals surface area (Å²) < 4.78 is 60.9. The van der Waals surface area contributed by atoms with Gasteiger partial charge in [-0.15, -0.1) is 0 Å². The summed E-state index contributed by atoms with van der Waals surface area (Å²) in [4.78, 5) is 25.2. The van der Waals surface area contributed by atoms with Crippen molar-refractivity contribution in [1.82, 2.24) is 9.55 Å². The maximum absolute atomic E-state index is 13.8. The van der Waals surface area contributed by atoms with Gasteiger partial charge < -0.3 is 9.84 Å². The van der Waals surface area contributed by atoms with Crippen LogP contribution in [0, 0.1) is 0 Å². The van der Waals surface area contributed by atoms with Crippen LogP contribution in [0.15, 0.2) is 15.8 Å². The van der Waals surface area contributed by atoms with E-state index in [-0.39, 0.29) is 0 Å². The van der Waals surface area contributed by atoms with E-state index in [0.717, 1.165) is 6.20 Å². The highest BCUT2D eigenvalue weighted by Crippen LogP contribution is 2.61. The standard InChI is InChI=1S/C13H16ClF2N2O8P/c1-5(2)25-27(22)23-4-13(11(15)16)8(26-27)7(19)10(24-13)18-3-6(14)9(20)17-12(18)21/h3,5,7-8,10-11,19H,4H2,1-2H3,(H,17,20,21)/t7-,8-,10-,13-,27?/m1/s1. The number of aliphatic hydroxyl groups is 1. The molecule has 27 heavy (non-hydrogen) atoms. The van der Waals surface area contributed by atoms with E-state index in [2.05, 4.69) is 0 Å². The number of nitrogens with one attached hydrogen (secondary N) is 1. The van der Waals surface area contributed by atoms with Crippen LogP contribution in [0.5, 0.6) is 0 Å². The molecule has 0 saturated carbocycles. The highest BCUT2D eigenvalue weighted by molar-refractivity contribution is 7.48. The summed E-state index contributed by atoms with van der Waals surface area (Å²) in [7, 11) is -4.25. The largest absolute Gasteiger partial charge is 0.475 e. The molecule has 10 nitrogen and oxygen atoms in total. The Balaban J connectivity index is 2.01. The molecule has 3 heterocycles. The lowest BCUT2D eigenvalue weighted by Gasteiger charge is -2.39. The number of hydrogen-bond acceptors (Lipinski definition) is 8. The van der Waals surface area contributed by atoms with Gasteiger partial charge in [-0.05, 0) is 13.8 Å². The number of aromatic amines is 1. The number of aliphatic hydroxyl groups excluding tert-OH is 1. The SMILES string of the molecule is CC(C)OP1(=O)OC[C@@]2(C(F)F)O[C@@H](n3cc(Cl)c(=O)[nH]c3=O)[C@H](O)[C@H]2O1. The number of hydrogen-bond donors (Lipinski definition) is 2. The van der Waals surface area contributed by atoms with Crippen molar-refractivity contribution in [3.63, 3.8) is 0 Å². The van der Waals surface area contributed by atoms with Crippen LogP contribution in [0.3, 0.4) is 0 Å². The molecule has 0 aliphatic carbocycles. The first kappa shape index (κ1) is 20.6. The van der Waals surface area contributed by atoms with Gasteiger partial charge in [-0.25, -0.2) is 18.1 Å². The molecule has 0 amide bonds. The van der Waals surface area contributed by atoms with Crippen LogP contribution in [-0.4, -0.2) is 51.6 Å². The molecular formula is C13H16ClF2N2O8P. The molecule has 1 aromatic heterocycles. The van der Waals surface area contributed by atoms with E-state index in [1.165, 1.54) is 13.8 Å². The third-order valence-electron chi connectivity index (χ3n) is 4.02. The van der Waals surface area contributed by atoms with Crippen molar-refractivity contribution in [2.75, 3.05) is 6.61 Å². The lowest BCUT2D eigenvalue weighted by atomic mass is 9.96. The Labute approximate surface area is 155 Å². The average molecular weight is 433 g/mol. The lowest BCUT2D eigenvalue weighted by Crippen LogP contribution is -2.56. The number of alkyl halides is 2. The zero-order valence-electron chi connectivity index (χ0n) is 14.0. The molecule has 14 heteroatoms. The zero-order valence-corrected chi connectivity index (χ0v) is 15.7. The fourth-order valence-corrected chi connectivity index (χ4v) is 4.62. The minimum absolute atomic E-state index is 0.433. The number of phosphoric acid groups is 1. The average Bonchev–Trinajstić information content (AvgIpc) is 2.84. The number of aromatic nitrogens is 2. The number of ether oxygens (including phenoxy) is 1. The van der Waals surface area contributed by atoms with Gasteiger partial charge in [0.05, 0.1) is 12.7 Å². The molecule has 2 aliphatic heterocycles. The molecule has 5 atom stereocenters. The van der Waals surface area contributed by atoms with Crippen LogP contribution in [0.1, 0.15) is 20.1 Å². The van der Waals surface area contributed by atoms with Gasteiger partial charge in [0.1, 0.15) is 17.2 Å². The predicted molar refractivity (Wildman–Crippen MR) is 85.8 cm³/mol. The Bertz CT molecular complexity index is 892. The smallest absolute Gasteiger partial charge is 0.386 e. The maximum atomic E-state index is 13.8. The number of H-pyrrole nitrogens is 1. The van der Waals surface area contributed by atoms with E-state index in [1.54, 1.807) is 0 Å². The number of nitrogens with zero attached hydrogens (tertiary/aromatic N) is 1. The topological polar surface area (TPSA) is 129 Å². The van der Waals surface area contributed by atoms with Crippen molar-refractivity contribution < 1.29 is 36.8 Å². The number of fused-ring (bicyclic) bond motifs is 1. The molecule has 1 aromatic rings. The zero-order chi connectivity index (χ0) is 20.1. The van der Waals surface area contributed by atoms with E-state index in [4.69, 9.17) is 29.9 Å². The van der Waals surface area contributed by atoms with Gasteiger partial charge in [0.25, 0.3) is 12.0 Å². The summed E-state index contributed by atoms with van der Waals surface area (Å²) in [5.41, 5.74) is -4.47. The number of phosphoric ester groups is 1. The summed E-state index contributed by atoms with van der Waals surface area (Å²) in [6.07, 6.45) is -8.43. The van der Waals surface area contributed by atoms with Gasteiger partial charge in [-0.3, -0.25) is 27.9 Å². The van der Waals surface area contributed by atoms with Crippen LogP contribution < -0.4 is 11.2 Å². The second-order valence-electron chi connectivity index (χ2n) is 6.30. The van der Waals surface area contributed by atoms with Crippen molar-refractivity contribution >= 4 is 19.4 Å². The van der Waals surface area contributed by atoms with Crippen molar-refractivity contribution in [2.45, 2.75) is 50.4 Å². The summed E-state index contributed by atoms with van der Waals surface area (Å²) in [6.45, 7) is 2.12. The van der Waals surface area contributed by atoms with Gasteiger partial charge in [0.15, 0.2) is 11.8 Å². The monoisotopic (exact) mass is 432 g/mol. The highest BCUT2D eigenvalue weighted by Gasteiger charge is 2.67. The predicted octanol–water partition coefficient (Wildman–Crippen LogP) is 1.03. The molecule has 0 radical (unpaired) electrons. The highest BCUT2D eigenvalue weighted by atomic mass is 35.5. The van der Waals surface area contributed by atoms with E-state index in [9.17, 15) is 28.0 Å². The molecule has 152 valence electrons. The van der Waals surface area contributed by atoms with Gasteiger partial charge in [0.2, 0.25) is 0 Å². The van der Waals surface area contributed by atoms with Gasteiger partial charge in [-0.2, -0.15) is 0 Å². The van der Waals surface area contributed by atoms with E-state index >= 15 is 0 Å². The van der Waals surface area contributed by atoms with Crippen molar-refractivity contribution in [1.29, 1.82) is 0 Å². The normalized spacial score (nSPS) is 36.4. The first-order valence-corrected chi connectivity index (χ1v) is 9.59. The van der Waals surface area contributed by atoms with Gasteiger partial charge in [0, 0.05) is 6.20 Å². The minimum atomic E-state index is -4.25. The maximum Gasteiger partial charge on any atom is 0.475 e. The van der Waals surface area contributed by atoms with Crippen LogP contribution in [-0.2, 0) is 22.9 Å². The summed E-state index contributed by atoms with van der Waals surface area (Å²) >= 11 is 5.66. The quantitative estimate of drug-likeness (QED) is 0.675. The Morgan fingerprint density at radius 3 is 2.74 bits per heavy atom. The number of rotatable bonds is 4. The Morgan fingerprint density at radius 2 is 2.15 bits per heavy atom. The van der Waals surface area contributed by atoms with E-state index < -0.39 is 67.3 Å². The molecule has 0 spiro atoms. The summed E-state index contributed by atoms with van der Waals surface area (Å²) in [6, 6.07) is 0. The second kappa shape index (κ2) is 7.03. The van der Waals surface area contributed by atoms with Gasteiger partial charge in [-0.1, -0.05) is 11.6 Å². The molecule has 0 aromatic carbocycles. The first-order valence-electron chi connectivity index (χ1n) is 7.75.